The van der Waals surface area contributed by atoms with Crippen LogP contribution in [-0.4, -0.2) is 49.1 Å². The molecule has 0 saturated carbocycles. The van der Waals surface area contributed by atoms with Crippen LogP contribution in [0.4, 0.5) is 0 Å². The molecule has 0 radical (unpaired) electrons. The monoisotopic (exact) mass is 266 g/mol. The summed E-state index contributed by atoms with van der Waals surface area (Å²) < 4.78 is 4.92. The van der Waals surface area contributed by atoms with Crippen LogP contribution in [0.1, 0.15) is 17.3 Å². The van der Waals surface area contributed by atoms with E-state index in [0.717, 1.165) is 0 Å². The van der Waals surface area contributed by atoms with Crippen molar-refractivity contribution < 1.29 is 19.4 Å². The van der Waals surface area contributed by atoms with Gasteiger partial charge in [0.15, 0.2) is 0 Å². The number of aromatic hydroxyl groups is 1. The number of amides is 2. The lowest BCUT2D eigenvalue weighted by atomic mass is 10.2. The molecule has 0 unspecified atom stereocenters. The largest absolute Gasteiger partial charge is 0.507 e. The minimum atomic E-state index is -0.502. The van der Waals surface area contributed by atoms with Crippen molar-refractivity contribution in [3.63, 3.8) is 0 Å². The van der Waals surface area contributed by atoms with Gasteiger partial charge >= 0.3 is 0 Å². The van der Waals surface area contributed by atoms with Crippen LogP contribution in [0.15, 0.2) is 18.2 Å². The summed E-state index contributed by atoms with van der Waals surface area (Å²) in [5.74, 6) is -0.425. The molecule has 0 aliphatic heterocycles. The Kier molecular flexibility index (Phi) is 5.17. The van der Waals surface area contributed by atoms with E-state index in [9.17, 15) is 14.7 Å². The van der Waals surface area contributed by atoms with Gasteiger partial charge in [-0.2, -0.15) is 0 Å². The Labute approximate surface area is 112 Å². The Morgan fingerprint density at radius 2 is 2.11 bits per heavy atom. The first-order valence-electron chi connectivity index (χ1n) is 5.88. The second-order valence-corrected chi connectivity index (χ2v) is 3.97. The molecule has 6 heteroatoms. The molecule has 0 heterocycles. The summed E-state index contributed by atoms with van der Waals surface area (Å²) >= 11 is 0. The maximum atomic E-state index is 11.8. The zero-order valence-electron chi connectivity index (χ0n) is 11.3. The maximum Gasteiger partial charge on any atom is 0.255 e. The van der Waals surface area contributed by atoms with Gasteiger partial charge in [-0.1, -0.05) is 0 Å². The molecule has 1 aromatic rings. The molecule has 19 heavy (non-hydrogen) atoms. The fourth-order valence-electron chi connectivity index (χ4n) is 1.39. The number of hydrogen-bond donors (Lipinski definition) is 2. The number of carbonyl (C=O) groups is 2. The third kappa shape index (κ3) is 3.87. The molecule has 0 saturated heterocycles. The van der Waals surface area contributed by atoms with Crippen molar-refractivity contribution in [3.05, 3.63) is 23.8 Å². The van der Waals surface area contributed by atoms with Gasteiger partial charge in [0.2, 0.25) is 5.91 Å². The third-order valence-electron chi connectivity index (χ3n) is 2.75. The van der Waals surface area contributed by atoms with Gasteiger partial charge in [0.05, 0.1) is 19.2 Å². The van der Waals surface area contributed by atoms with Gasteiger partial charge in [0.1, 0.15) is 11.5 Å². The highest BCUT2D eigenvalue weighted by atomic mass is 16.5. The molecule has 1 rings (SSSR count). The van der Waals surface area contributed by atoms with Crippen LogP contribution in [0.5, 0.6) is 11.5 Å². The number of phenolic OH excluding ortho intramolecular Hbond substituents is 1. The van der Waals surface area contributed by atoms with Gasteiger partial charge in [0.25, 0.3) is 5.91 Å². The highest BCUT2D eigenvalue weighted by Crippen LogP contribution is 2.23. The zero-order chi connectivity index (χ0) is 14.4. The van der Waals surface area contributed by atoms with E-state index in [0.29, 0.717) is 12.3 Å². The molecule has 0 aromatic heterocycles. The van der Waals surface area contributed by atoms with E-state index in [-0.39, 0.29) is 23.8 Å². The number of phenols is 1. The van der Waals surface area contributed by atoms with Crippen molar-refractivity contribution in [2.75, 3.05) is 27.2 Å². The van der Waals surface area contributed by atoms with Gasteiger partial charge in [-0.25, -0.2) is 0 Å². The van der Waals surface area contributed by atoms with E-state index >= 15 is 0 Å². The Morgan fingerprint density at radius 1 is 1.42 bits per heavy atom. The number of carbonyl (C=O) groups excluding carboxylic acids is 2. The van der Waals surface area contributed by atoms with Crippen LogP contribution < -0.4 is 10.1 Å². The molecule has 104 valence electrons. The van der Waals surface area contributed by atoms with E-state index in [2.05, 4.69) is 5.32 Å². The lowest BCUT2D eigenvalue weighted by Crippen LogP contribution is -2.38. The van der Waals surface area contributed by atoms with Gasteiger partial charge in [-0.15, -0.1) is 0 Å². The summed E-state index contributed by atoms with van der Waals surface area (Å²) in [6.45, 7) is 2.31. The minimum absolute atomic E-state index is 0.103. The maximum absolute atomic E-state index is 11.8. The molecule has 0 fully saturated rings. The highest BCUT2D eigenvalue weighted by Gasteiger charge is 2.14. The van der Waals surface area contributed by atoms with Gasteiger partial charge in [0, 0.05) is 19.7 Å². The number of hydrogen-bond acceptors (Lipinski definition) is 4. The number of nitrogens with zero attached hydrogens (tertiary/aromatic N) is 1. The first-order chi connectivity index (χ1) is 8.99. The summed E-state index contributed by atoms with van der Waals surface area (Å²) in [5, 5.41) is 12.1. The molecule has 0 bridgehead atoms. The second-order valence-electron chi connectivity index (χ2n) is 3.97. The summed E-state index contributed by atoms with van der Waals surface area (Å²) in [6.07, 6.45) is 0. The molecule has 6 nitrogen and oxygen atoms in total. The molecule has 0 aliphatic rings. The van der Waals surface area contributed by atoms with Gasteiger partial charge in [-0.3, -0.25) is 9.59 Å². The van der Waals surface area contributed by atoms with Crippen molar-refractivity contribution in [2.45, 2.75) is 6.92 Å². The molecule has 0 spiro atoms. The Bertz CT molecular complexity index is 474. The Hall–Kier alpha value is -2.24. The van der Waals surface area contributed by atoms with Crippen molar-refractivity contribution in [1.29, 1.82) is 0 Å². The molecular formula is C13H18N2O4. The Morgan fingerprint density at radius 3 is 2.63 bits per heavy atom. The number of methoxy groups -OCH3 is 1. The second kappa shape index (κ2) is 6.63. The van der Waals surface area contributed by atoms with Crippen LogP contribution in [-0.2, 0) is 4.79 Å². The predicted molar refractivity (Wildman–Crippen MR) is 70.3 cm³/mol. The van der Waals surface area contributed by atoms with E-state index in [4.69, 9.17) is 4.74 Å². The smallest absolute Gasteiger partial charge is 0.255 e. The number of rotatable bonds is 5. The van der Waals surface area contributed by atoms with Crippen LogP contribution >= 0.6 is 0 Å². The molecule has 2 amide bonds. The van der Waals surface area contributed by atoms with Crippen LogP contribution in [0, 0.1) is 0 Å². The lowest BCUT2D eigenvalue weighted by Gasteiger charge is -2.15. The lowest BCUT2D eigenvalue weighted by molar-refractivity contribution is -0.128. The summed E-state index contributed by atoms with van der Waals surface area (Å²) in [7, 11) is 3.12. The van der Waals surface area contributed by atoms with Crippen molar-refractivity contribution in [3.8, 4) is 11.5 Å². The van der Waals surface area contributed by atoms with Crippen molar-refractivity contribution >= 4 is 11.8 Å². The standard InChI is InChI=1S/C13H18N2O4/c1-4-15(2)12(17)8-14-13(18)10-6-5-9(19-3)7-11(10)16/h5-7,16H,4,8H2,1-3H3,(H,14,18). The first-order valence-corrected chi connectivity index (χ1v) is 5.88. The predicted octanol–water partition coefficient (Wildman–Crippen LogP) is 0.609. The molecule has 1 aromatic carbocycles. The zero-order valence-corrected chi connectivity index (χ0v) is 11.3. The van der Waals surface area contributed by atoms with Gasteiger partial charge in [-0.05, 0) is 19.1 Å². The molecular weight excluding hydrogens is 248 g/mol. The normalized spacial score (nSPS) is 9.84. The van der Waals surface area contributed by atoms with E-state index in [1.54, 1.807) is 13.1 Å². The van der Waals surface area contributed by atoms with Crippen molar-refractivity contribution in [1.82, 2.24) is 10.2 Å². The number of nitrogens with one attached hydrogen (secondary N) is 1. The summed E-state index contributed by atoms with van der Waals surface area (Å²) in [6, 6.07) is 4.35. The van der Waals surface area contributed by atoms with Crippen LogP contribution in [0.25, 0.3) is 0 Å². The number of likely N-dealkylation sites (N-methyl/N-ethyl adjacent to an activating group) is 1. The average molecular weight is 266 g/mol. The SMILES string of the molecule is CCN(C)C(=O)CNC(=O)c1ccc(OC)cc1O. The van der Waals surface area contributed by atoms with E-state index in [1.165, 1.54) is 24.1 Å². The third-order valence-corrected chi connectivity index (χ3v) is 2.75. The quantitative estimate of drug-likeness (QED) is 0.818. The van der Waals surface area contributed by atoms with E-state index in [1.807, 2.05) is 6.92 Å². The van der Waals surface area contributed by atoms with Gasteiger partial charge < -0.3 is 20.1 Å². The van der Waals surface area contributed by atoms with Crippen LogP contribution in [0.2, 0.25) is 0 Å². The first kappa shape index (κ1) is 14.8. The molecule has 0 atom stereocenters. The molecule has 2 N–H and O–H groups in total. The Balaban J connectivity index is 2.66. The minimum Gasteiger partial charge on any atom is -0.507 e. The number of benzene rings is 1. The topological polar surface area (TPSA) is 78.9 Å². The summed E-state index contributed by atoms with van der Waals surface area (Å²) in [5.41, 5.74) is 0.104. The van der Waals surface area contributed by atoms with E-state index < -0.39 is 5.91 Å². The fraction of sp³-hybridized carbons (Fsp3) is 0.385. The average Bonchev–Trinajstić information content (AvgIpc) is 2.43. The van der Waals surface area contributed by atoms with Crippen LogP contribution in [0.3, 0.4) is 0 Å². The molecule has 0 aliphatic carbocycles. The van der Waals surface area contributed by atoms with Crippen molar-refractivity contribution in [2.24, 2.45) is 0 Å². The highest BCUT2D eigenvalue weighted by molar-refractivity contribution is 5.98. The number of ether oxygens (including phenoxy) is 1. The fourth-order valence-corrected chi connectivity index (χ4v) is 1.39. The summed E-state index contributed by atoms with van der Waals surface area (Å²) in [4.78, 5) is 24.8.